The van der Waals surface area contributed by atoms with E-state index in [0.717, 1.165) is 0 Å². The second-order valence-electron chi connectivity index (χ2n) is 2.96. The summed E-state index contributed by atoms with van der Waals surface area (Å²) >= 11 is 1.33. The third-order valence-electron chi connectivity index (χ3n) is 1.85. The van der Waals surface area contributed by atoms with Crippen molar-refractivity contribution in [3.05, 3.63) is 0 Å². The van der Waals surface area contributed by atoms with Crippen molar-refractivity contribution in [3.8, 4) is 0 Å². The van der Waals surface area contributed by atoms with E-state index < -0.39 is 12.0 Å². The molecule has 0 aliphatic heterocycles. The van der Waals surface area contributed by atoms with Crippen LogP contribution in [0.1, 0.15) is 6.92 Å². The van der Waals surface area contributed by atoms with Crippen molar-refractivity contribution in [2.75, 3.05) is 7.11 Å². The van der Waals surface area contributed by atoms with Gasteiger partial charge in [-0.3, -0.25) is 4.79 Å². The molecule has 1 rings (SSSR count). The molecule has 7 nitrogen and oxygen atoms in total. The van der Waals surface area contributed by atoms with Gasteiger partial charge in [-0.1, -0.05) is 18.7 Å². The van der Waals surface area contributed by atoms with Crippen LogP contribution in [0.15, 0.2) is 5.16 Å². The second kappa shape index (κ2) is 5.08. The molecule has 2 atom stereocenters. The van der Waals surface area contributed by atoms with Gasteiger partial charge >= 0.3 is 5.97 Å². The fraction of sp³-hybridized carbons (Fsp3) is 0.714. The van der Waals surface area contributed by atoms with Gasteiger partial charge in [0.25, 0.3) is 0 Å². The molecule has 0 saturated carbocycles. The number of tetrazole rings is 1. The Balaban J connectivity index is 2.59. The van der Waals surface area contributed by atoms with E-state index in [4.69, 9.17) is 5.73 Å². The van der Waals surface area contributed by atoms with Crippen molar-refractivity contribution in [3.63, 3.8) is 0 Å². The SMILES string of the molecule is COC(=O)[C@H](N)[C@@H](C)Sc1nnnn1C. The molecular weight excluding hydrogens is 218 g/mol. The molecule has 0 aliphatic carbocycles. The maximum Gasteiger partial charge on any atom is 0.323 e. The highest BCUT2D eigenvalue weighted by Gasteiger charge is 2.24. The summed E-state index contributed by atoms with van der Waals surface area (Å²) in [5.74, 6) is -0.440. The lowest BCUT2D eigenvalue weighted by Gasteiger charge is -2.15. The van der Waals surface area contributed by atoms with Crippen molar-refractivity contribution in [2.45, 2.75) is 23.4 Å². The molecule has 0 aromatic carbocycles. The van der Waals surface area contributed by atoms with Crippen LogP contribution in [-0.4, -0.2) is 44.6 Å². The Morgan fingerprint density at radius 2 is 2.33 bits per heavy atom. The lowest BCUT2D eigenvalue weighted by atomic mass is 10.2. The highest BCUT2D eigenvalue weighted by Crippen LogP contribution is 2.21. The molecule has 1 aromatic heterocycles. The predicted molar refractivity (Wildman–Crippen MR) is 54.1 cm³/mol. The van der Waals surface area contributed by atoms with E-state index in [0.29, 0.717) is 5.16 Å². The van der Waals surface area contributed by atoms with Gasteiger partial charge in [0, 0.05) is 12.3 Å². The number of aryl methyl sites for hydroxylation is 1. The van der Waals surface area contributed by atoms with Gasteiger partial charge in [-0.25, -0.2) is 4.68 Å². The molecule has 0 bridgehead atoms. The molecule has 1 heterocycles. The number of carbonyl (C=O) groups is 1. The number of nitrogens with zero attached hydrogens (tertiary/aromatic N) is 4. The molecular formula is C7H13N5O2S. The molecule has 15 heavy (non-hydrogen) atoms. The predicted octanol–water partition coefficient (Wildman–Crippen LogP) is -0.809. The largest absolute Gasteiger partial charge is 0.468 e. The third kappa shape index (κ3) is 2.90. The summed E-state index contributed by atoms with van der Waals surface area (Å²) in [5.41, 5.74) is 5.66. The molecule has 0 saturated heterocycles. The van der Waals surface area contributed by atoms with Crippen LogP contribution >= 0.6 is 11.8 Å². The van der Waals surface area contributed by atoms with E-state index in [9.17, 15) is 4.79 Å². The Morgan fingerprint density at radius 3 is 2.80 bits per heavy atom. The number of ether oxygens (including phenoxy) is 1. The maximum absolute atomic E-state index is 11.1. The van der Waals surface area contributed by atoms with Crippen LogP contribution in [-0.2, 0) is 16.6 Å². The van der Waals surface area contributed by atoms with Gasteiger partial charge in [-0.05, 0) is 10.4 Å². The van der Waals surface area contributed by atoms with Crippen LogP contribution in [0.2, 0.25) is 0 Å². The fourth-order valence-electron chi connectivity index (χ4n) is 0.888. The van der Waals surface area contributed by atoms with Crippen LogP contribution < -0.4 is 5.73 Å². The first-order valence-corrected chi connectivity index (χ1v) is 5.16. The molecule has 0 radical (unpaired) electrons. The van der Waals surface area contributed by atoms with Gasteiger partial charge < -0.3 is 10.5 Å². The standard InChI is InChI=1S/C7H13N5O2S/c1-4(5(8)6(13)14-3)15-7-9-10-11-12(7)2/h4-5H,8H2,1-3H3/t4-,5-/m1/s1. The van der Waals surface area contributed by atoms with E-state index >= 15 is 0 Å². The normalized spacial score (nSPS) is 14.7. The number of carbonyl (C=O) groups excluding carboxylic acids is 1. The molecule has 0 unspecified atom stereocenters. The van der Waals surface area contributed by atoms with Gasteiger partial charge in [0.1, 0.15) is 6.04 Å². The van der Waals surface area contributed by atoms with Crippen molar-refractivity contribution >= 4 is 17.7 Å². The van der Waals surface area contributed by atoms with E-state index in [1.54, 1.807) is 7.05 Å². The smallest absolute Gasteiger partial charge is 0.323 e. The molecule has 0 spiro atoms. The minimum atomic E-state index is -0.684. The summed E-state index contributed by atoms with van der Waals surface area (Å²) in [6.45, 7) is 1.82. The average Bonchev–Trinajstić information content (AvgIpc) is 2.62. The molecule has 0 amide bonds. The summed E-state index contributed by atoms with van der Waals surface area (Å²) in [6, 6.07) is -0.684. The molecule has 8 heteroatoms. The highest BCUT2D eigenvalue weighted by atomic mass is 32.2. The van der Waals surface area contributed by atoms with Crippen LogP contribution in [0, 0.1) is 0 Å². The zero-order valence-electron chi connectivity index (χ0n) is 8.75. The lowest BCUT2D eigenvalue weighted by molar-refractivity contribution is -0.142. The second-order valence-corrected chi connectivity index (χ2v) is 4.30. The van der Waals surface area contributed by atoms with Crippen LogP contribution in [0.3, 0.4) is 0 Å². The van der Waals surface area contributed by atoms with Crippen LogP contribution in [0.5, 0.6) is 0 Å². The number of hydrogen-bond donors (Lipinski definition) is 1. The molecule has 2 N–H and O–H groups in total. The fourth-order valence-corrected chi connectivity index (χ4v) is 1.75. The number of hydrogen-bond acceptors (Lipinski definition) is 7. The average molecular weight is 231 g/mol. The number of nitrogens with two attached hydrogens (primary N) is 1. The Hall–Kier alpha value is -1.15. The summed E-state index contributed by atoms with van der Waals surface area (Å²) < 4.78 is 6.07. The van der Waals surface area contributed by atoms with Gasteiger partial charge in [-0.15, -0.1) is 5.10 Å². The van der Waals surface area contributed by atoms with Crippen molar-refractivity contribution in [2.24, 2.45) is 12.8 Å². The Morgan fingerprint density at radius 1 is 1.67 bits per heavy atom. The van der Waals surface area contributed by atoms with Gasteiger partial charge in [0.05, 0.1) is 7.11 Å². The topological polar surface area (TPSA) is 95.9 Å². The summed E-state index contributed by atoms with van der Waals surface area (Å²) in [5, 5.41) is 11.4. The van der Waals surface area contributed by atoms with E-state index in [1.807, 2.05) is 6.92 Å². The number of methoxy groups -OCH3 is 1. The monoisotopic (exact) mass is 231 g/mol. The minimum Gasteiger partial charge on any atom is -0.468 e. The van der Waals surface area contributed by atoms with Gasteiger partial charge in [0.15, 0.2) is 0 Å². The van der Waals surface area contributed by atoms with Gasteiger partial charge in [-0.2, -0.15) is 0 Å². The van der Waals surface area contributed by atoms with Crippen molar-refractivity contribution in [1.29, 1.82) is 0 Å². The number of esters is 1. The quantitative estimate of drug-likeness (QED) is 0.534. The van der Waals surface area contributed by atoms with Crippen molar-refractivity contribution in [1.82, 2.24) is 20.2 Å². The van der Waals surface area contributed by atoms with Gasteiger partial charge in [0.2, 0.25) is 5.16 Å². The number of thioether (sulfide) groups is 1. The molecule has 1 aromatic rings. The van der Waals surface area contributed by atoms with Crippen LogP contribution in [0.25, 0.3) is 0 Å². The van der Waals surface area contributed by atoms with Crippen molar-refractivity contribution < 1.29 is 9.53 Å². The first-order valence-electron chi connectivity index (χ1n) is 4.28. The Labute approximate surface area is 91.3 Å². The lowest BCUT2D eigenvalue weighted by Crippen LogP contribution is -2.39. The molecule has 0 fully saturated rings. The highest BCUT2D eigenvalue weighted by molar-refractivity contribution is 7.99. The summed E-state index contributed by atoms with van der Waals surface area (Å²) in [4.78, 5) is 11.1. The Kier molecular flexibility index (Phi) is 4.04. The molecule has 84 valence electrons. The first-order chi connectivity index (χ1) is 7.06. The van der Waals surface area contributed by atoms with Crippen LogP contribution in [0.4, 0.5) is 0 Å². The summed E-state index contributed by atoms with van der Waals surface area (Å²) in [6.07, 6.45) is 0. The van der Waals surface area contributed by atoms with E-state index in [1.165, 1.54) is 23.6 Å². The van der Waals surface area contributed by atoms with E-state index in [-0.39, 0.29) is 5.25 Å². The minimum absolute atomic E-state index is 0.151. The zero-order chi connectivity index (χ0) is 11.4. The Bertz CT molecular complexity index is 342. The maximum atomic E-state index is 11.1. The summed E-state index contributed by atoms with van der Waals surface area (Å²) in [7, 11) is 3.03. The van der Waals surface area contributed by atoms with E-state index in [2.05, 4.69) is 20.3 Å². The zero-order valence-corrected chi connectivity index (χ0v) is 9.56. The first kappa shape index (κ1) is 11.9. The number of rotatable bonds is 4. The molecule has 0 aliphatic rings. The third-order valence-corrected chi connectivity index (χ3v) is 3.07. The number of aromatic nitrogens is 4.